The van der Waals surface area contributed by atoms with Gasteiger partial charge in [0.15, 0.2) is 0 Å². The van der Waals surface area contributed by atoms with Gasteiger partial charge in [0.25, 0.3) is 0 Å². The fourth-order valence-electron chi connectivity index (χ4n) is 2.73. The minimum absolute atomic E-state index is 0.232. The topological polar surface area (TPSA) is 57.5 Å². The first kappa shape index (κ1) is 17.3. The van der Waals surface area contributed by atoms with E-state index in [2.05, 4.69) is 71.9 Å². The van der Waals surface area contributed by atoms with E-state index in [1.807, 2.05) is 0 Å². The third kappa shape index (κ3) is 4.35. The van der Waals surface area contributed by atoms with E-state index in [9.17, 15) is 0 Å². The number of rotatable bonds is 0. The molecule has 0 spiro atoms. The zero-order valence-electron chi connectivity index (χ0n) is 13.8. The first-order chi connectivity index (χ1) is 9.44. The van der Waals surface area contributed by atoms with Crippen LogP contribution in [-0.4, -0.2) is 16.4 Å². The Morgan fingerprint density at radius 1 is 1.00 bits per heavy atom. The first-order valence-electron chi connectivity index (χ1n) is 7.18. The smallest absolute Gasteiger partial charge is 0.450 e. The maximum atomic E-state index is 8.56. The summed E-state index contributed by atoms with van der Waals surface area (Å²) in [6.45, 7) is 13.9. The summed E-state index contributed by atoms with van der Waals surface area (Å²) in [5, 5.41) is 13.9. The molecule has 1 aliphatic rings. The Morgan fingerprint density at radius 2 is 1.48 bits per heavy atom. The third-order valence-electron chi connectivity index (χ3n) is 3.66. The van der Waals surface area contributed by atoms with Crippen molar-refractivity contribution in [3.05, 3.63) is 41.5 Å². The van der Waals surface area contributed by atoms with Gasteiger partial charge in [-0.3, -0.25) is 0 Å². The van der Waals surface area contributed by atoms with Gasteiger partial charge >= 0.3 is 6.16 Å². The van der Waals surface area contributed by atoms with Gasteiger partial charge in [0.1, 0.15) is 0 Å². The van der Waals surface area contributed by atoms with Crippen molar-refractivity contribution in [2.24, 2.45) is 10.8 Å². The van der Waals surface area contributed by atoms with Crippen LogP contribution in [0.2, 0.25) is 0 Å². The molecular formula is C18H26O3. The lowest BCUT2D eigenvalue weighted by molar-refractivity contribution is 0.137. The fourth-order valence-corrected chi connectivity index (χ4v) is 2.73. The van der Waals surface area contributed by atoms with E-state index >= 15 is 0 Å². The van der Waals surface area contributed by atoms with Crippen LogP contribution < -0.4 is 0 Å². The predicted molar refractivity (Wildman–Crippen MR) is 86.7 cm³/mol. The summed E-state index contributed by atoms with van der Waals surface area (Å²) in [7, 11) is 0. The number of hydrogen-bond donors (Lipinski definition) is 2. The highest BCUT2D eigenvalue weighted by Crippen LogP contribution is 2.50. The second-order valence-electron chi connectivity index (χ2n) is 7.54. The van der Waals surface area contributed by atoms with Crippen molar-refractivity contribution in [1.82, 2.24) is 0 Å². The van der Waals surface area contributed by atoms with Crippen molar-refractivity contribution in [3.63, 3.8) is 0 Å². The van der Waals surface area contributed by atoms with Crippen LogP contribution in [-0.2, 0) is 0 Å². The van der Waals surface area contributed by atoms with Gasteiger partial charge in [-0.1, -0.05) is 71.9 Å². The lowest BCUT2D eigenvalue weighted by Gasteiger charge is -2.26. The molecule has 0 radical (unpaired) electrons. The second-order valence-corrected chi connectivity index (χ2v) is 7.54. The largest absolute Gasteiger partial charge is 0.503 e. The van der Waals surface area contributed by atoms with Crippen molar-refractivity contribution in [1.29, 1.82) is 0 Å². The van der Waals surface area contributed by atoms with Crippen LogP contribution >= 0.6 is 0 Å². The van der Waals surface area contributed by atoms with E-state index in [4.69, 9.17) is 15.0 Å². The van der Waals surface area contributed by atoms with Crippen molar-refractivity contribution >= 4 is 11.7 Å². The summed E-state index contributed by atoms with van der Waals surface area (Å²) in [5.74, 6) is 0.549. The number of carbonyl (C=O) groups is 1. The Balaban J connectivity index is 0.000000491. The molecule has 0 aromatic heterocycles. The molecule has 1 aromatic rings. The molecule has 3 nitrogen and oxygen atoms in total. The second kappa shape index (κ2) is 5.92. The molecule has 0 heterocycles. The molecule has 0 bridgehead atoms. The molecule has 21 heavy (non-hydrogen) atoms. The molecule has 0 aliphatic heterocycles. The van der Waals surface area contributed by atoms with Crippen molar-refractivity contribution in [2.45, 2.75) is 47.5 Å². The molecule has 2 rings (SSSR count). The van der Waals surface area contributed by atoms with Gasteiger partial charge < -0.3 is 10.2 Å². The molecule has 2 N–H and O–H groups in total. The Labute approximate surface area is 127 Å². The lowest BCUT2D eigenvalue weighted by Crippen LogP contribution is -2.14. The molecule has 0 saturated carbocycles. The fraction of sp³-hybridized carbons (Fsp3) is 0.500. The van der Waals surface area contributed by atoms with Crippen LogP contribution in [0, 0.1) is 10.8 Å². The zero-order chi connectivity index (χ0) is 16.4. The maximum Gasteiger partial charge on any atom is 0.503 e. The highest BCUT2D eigenvalue weighted by atomic mass is 16.6. The normalized spacial score (nSPS) is 17.4. The minimum Gasteiger partial charge on any atom is -0.450 e. The number of benzene rings is 1. The van der Waals surface area contributed by atoms with E-state index < -0.39 is 6.16 Å². The van der Waals surface area contributed by atoms with E-state index in [0.29, 0.717) is 11.3 Å². The van der Waals surface area contributed by atoms with Gasteiger partial charge in [-0.25, -0.2) is 4.79 Å². The zero-order valence-corrected chi connectivity index (χ0v) is 13.8. The van der Waals surface area contributed by atoms with Gasteiger partial charge in [-0.15, -0.1) is 0 Å². The highest BCUT2D eigenvalue weighted by Gasteiger charge is 2.35. The lowest BCUT2D eigenvalue weighted by atomic mass is 9.78. The summed E-state index contributed by atoms with van der Waals surface area (Å²) in [4.78, 5) is 8.56. The Hall–Kier alpha value is -1.77. The first-order valence-corrected chi connectivity index (χ1v) is 7.18. The molecule has 0 amide bonds. The van der Waals surface area contributed by atoms with Crippen LogP contribution in [0.1, 0.15) is 58.6 Å². The van der Waals surface area contributed by atoms with Gasteiger partial charge in [-0.05, 0) is 27.5 Å². The van der Waals surface area contributed by atoms with Crippen LogP contribution in [0.25, 0.3) is 5.57 Å². The number of carboxylic acid groups (broad SMARTS) is 2. The van der Waals surface area contributed by atoms with Gasteiger partial charge in [-0.2, -0.15) is 0 Å². The van der Waals surface area contributed by atoms with E-state index in [1.54, 1.807) is 0 Å². The quantitative estimate of drug-likeness (QED) is 0.665. The van der Waals surface area contributed by atoms with Gasteiger partial charge in [0.05, 0.1) is 0 Å². The van der Waals surface area contributed by atoms with E-state index in [1.165, 1.54) is 16.7 Å². The SMILES string of the molecule is CC(C)(C)C1=CC(C(C)(C)C)c2ccccc21.O=C(O)O. The monoisotopic (exact) mass is 290 g/mol. The van der Waals surface area contributed by atoms with Crippen LogP contribution in [0.4, 0.5) is 4.79 Å². The average Bonchev–Trinajstić information content (AvgIpc) is 2.66. The summed E-state index contributed by atoms with van der Waals surface area (Å²) >= 11 is 0. The molecule has 0 saturated heterocycles. The Bertz CT molecular complexity index is 538. The standard InChI is InChI=1S/C17H24.CH2O3/c1-16(2,3)14-11-15(17(4,5)6)13-10-8-7-9-12(13)14;2-1(3)4/h7-11,14H,1-6H3;(H2,2,3,4). The maximum absolute atomic E-state index is 8.56. The molecule has 0 fully saturated rings. The molecule has 1 aliphatic carbocycles. The molecule has 1 unspecified atom stereocenters. The third-order valence-corrected chi connectivity index (χ3v) is 3.66. The summed E-state index contributed by atoms with van der Waals surface area (Å²) in [5.41, 5.74) is 5.00. The predicted octanol–water partition coefficient (Wildman–Crippen LogP) is 5.48. The number of fused-ring (bicyclic) bond motifs is 1. The number of hydrogen-bond acceptors (Lipinski definition) is 1. The Morgan fingerprint density at radius 3 is 1.90 bits per heavy atom. The molecule has 3 heteroatoms. The molecular weight excluding hydrogens is 264 g/mol. The summed E-state index contributed by atoms with van der Waals surface area (Å²) in [6, 6.07) is 8.89. The Kier molecular flexibility index (Phi) is 4.87. The minimum atomic E-state index is -1.83. The van der Waals surface area contributed by atoms with Crippen LogP contribution in [0.5, 0.6) is 0 Å². The summed E-state index contributed by atoms with van der Waals surface area (Å²) in [6.07, 6.45) is 0.657. The van der Waals surface area contributed by atoms with E-state index in [0.717, 1.165) is 0 Å². The average molecular weight is 290 g/mol. The van der Waals surface area contributed by atoms with Gasteiger partial charge in [0, 0.05) is 5.92 Å². The molecule has 116 valence electrons. The van der Waals surface area contributed by atoms with E-state index in [-0.39, 0.29) is 5.41 Å². The number of allylic oxidation sites excluding steroid dienone is 2. The summed E-state index contributed by atoms with van der Waals surface area (Å²) < 4.78 is 0. The van der Waals surface area contributed by atoms with Crippen LogP contribution in [0.3, 0.4) is 0 Å². The molecule has 1 aromatic carbocycles. The molecule has 1 atom stereocenters. The van der Waals surface area contributed by atoms with Crippen molar-refractivity contribution in [2.75, 3.05) is 0 Å². The van der Waals surface area contributed by atoms with Crippen molar-refractivity contribution in [3.8, 4) is 0 Å². The highest BCUT2D eigenvalue weighted by molar-refractivity contribution is 5.78. The van der Waals surface area contributed by atoms with Gasteiger partial charge in [0.2, 0.25) is 0 Å². The van der Waals surface area contributed by atoms with Crippen LogP contribution in [0.15, 0.2) is 30.3 Å². The van der Waals surface area contributed by atoms with Crippen molar-refractivity contribution < 1.29 is 15.0 Å².